The summed E-state index contributed by atoms with van der Waals surface area (Å²) in [6, 6.07) is 0.0380. The SMILES string of the molecule is CC(N)Cc1ncncc1B1OC(C)(C)C(C)(C)O1. The monoisotopic (exact) mass is 263 g/mol. The summed E-state index contributed by atoms with van der Waals surface area (Å²) in [7, 11) is -0.431. The molecule has 1 saturated heterocycles. The molecule has 0 aromatic carbocycles. The van der Waals surface area contributed by atoms with Crippen LogP contribution in [0.25, 0.3) is 0 Å². The topological polar surface area (TPSA) is 70.3 Å². The van der Waals surface area contributed by atoms with E-state index in [2.05, 4.69) is 9.97 Å². The zero-order valence-electron chi connectivity index (χ0n) is 12.3. The number of hydrogen-bond acceptors (Lipinski definition) is 5. The number of aromatic nitrogens is 2. The van der Waals surface area contributed by atoms with Crippen LogP contribution in [0.5, 0.6) is 0 Å². The van der Waals surface area contributed by atoms with E-state index in [-0.39, 0.29) is 17.2 Å². The third-order valence-corrected chi connectivity index (χ3v) is 3.85. The smallest absolute Gasteiger partial charge is 0.399 e. The minimum Gasteiger partial charge on any atom is -0.399 e. The molecule has 0 amide bonds. The van der Waals surface area contributed by atoms with E-state index in [4.69, 9.17) is 15.0 Å². The van der Waals surface area contributed by atoms with Crippen molar-refractivity contribution in [2.45, 2.75) is 58.3 Å². The molecule has 1 fully saturated rings. The molecule has 1 unspecified atom stereocenters. The molecule has 2 heterocycles. The Morgan fingerprint density at radius 2 is 1.84 bits per heavy atom. The summed E-state index contributed by atoms with van der Waals surface area (Å²) in [6.07, 6.45) is 3.97. The molecule has 0 bridgehead atoms. The van der Waals surface area contributed by atoms with Gasteiger partial charge in [-0.1, -0.05) is 0 Å². The number of nitrogens with zero attached hydrogens (tertiary/aromatic N) is 2. The Balaban J connectivity index is 2.29. The summed E-state index contributed by atoms with van der Waals surface area (Å²) in [4.78, 5) is 8.39. The fourth-order valence-electron chi connectivity index (χ4n) is 2.01. The lowest BCUT2D eigenvalue weighted by Gasteiger charge is -2.32. The summed E-state index contributed by atoms with van der Waals surface area (Å²) < 4.78 is 12.1. The molecule has 5 nitrogen and oxygen atoms in total. The van der Waals surface area contributed by atoms with Crippen LogP contribution in [0.1, 0.15) is 40.3 Å². The Morgan fingerprint density at radius 1 is 1.26 bits per heavy atom. The lowest BCUT2D eigenvalue weighted by Crippen LogP contribution is -2.41. The van der Waals surface area contributed by atoms with Crippen LogP contribution in [-0.4, -0.2) is 34.3 Å². The Labute approximate surface area is 115 Å². The summed E-state index contributed by atoms with van der Waals surface area (Å²) in [5.74, 6) is 0. The average molecular weight is 263 g/mol. The molecule has 1 atom stereocenters. The van der Waals surface area contributed by atoms with E-state index in [0.29, 0.717) is 6.42 Å². The molecule has 1 aliphatic heterocycles. The number of nitrogens with two attached hydrogens (primary N) is 1. The predicted molar refractivity (Wildman–Crippen MR) is 75.1 cm³/mol. The van der Waals surface area contributed by atoms with Crippen molar-refractivity contribution in [3.63, 3.8) is 0 Å². The molecule has 2 rings (SSSR count). The van der Waals surface area contributed by atoms with Crippen LogP contribution in [-0.2, 0) is 15.7 Å². The lowest BCUT2D eigenvalue weighted by atomic mass is 9.78. The van der Waals surface area contributed by atoms with Gasteiger partial charge in [0.15, 0.2) is 0 Å². The van der Waals surface area contributed by atoms with Crippen LogP contribution >= 0.6 is 0 Å². The standard InChI is InChI=1S/C13H22BN3O2/c1-9(15)6-11-10(7-16-8-17-11)14-18-12(2,3)13(4,5)19-14/h7-9H,6,15H2,1-5H3. The molecular formula is C13H22BN3O2. The van der Waals surface area contributed by atoms with Gasteiger partial charge in [-0.25, -0.2) is 9.97 Å². The first-order valence-corrected chi connectivity index (χ1v) is 6.63. The molecule has 104 valence electrons. The maximum Gasteiger partial charge on any atom is 0.498 e. The lowest BCUT2D eigenvalue weighted by molar-refractivity contribution is 0.00578. The molecule has 1 aromatic rings. The van der Waals surface area contributed by atoms with Crippen molar-refractivity contribution in [2.75, 3.05) is 0 Å². The van der Waals surface area contributed by atoms with Gasteiger partial charge < -0.3 is 15.0 Å². The van der Waals surface area contributed by atoms with Crippen LogP contribution in [0.4, 0.5) is 0 Å². The number of hydrogen-bond donors (Lipinski definition) is 1. The van der Waals surface area contributed by atoms with Gasteiger partial charge in [-0.15, -0.1) is 0 Å². The van der Waals surface area contributed by atoms with E-state index in [0.717, 1.165) is 11.2 Å². The summed E-state index contributed by atoms with van der Waals surface area (Å²) in [5.41, 5.74) is 6.90. The molecule has 19 heavy (non-hydrogen) atoms. The Kier molecular flexibility index (Phi) is 3.68. The summed E-state index contributed by atoms with van der Waals surface area (Å²) in [6.45, 7) is 10.1. The van der Waals surface area contributed by atoms with E-state index in [9.17, 15) is 0 Å². The molecule has 0 spiro atoms. The van der Waals surface area contributed by atoms with E-state index in [1.807, 2.05) is 34.6 Å². The maximum atomic E-state index is 6.03. The van der Waals surface area contributed by atoms with Crippen molar-refractivity contribution in [2.24, 2.45) is 5.73 Å². The maximum absolute atomic E-state index is 6.03. The van der Waals surface area contributed by atoms with E-state index in [1.165, 1.54) is 6.33 Å². The van der Waals surface area contributed by atoms with E-state index >= 15 is 0 Å². The highest BCUT2D eigenvalue weighted by Crippen LogP contribution is 2.36. The molecule has 2 N–H and O–H groups in total. The van der Waals surface area contributed by atoms with Crippen molar-refractivity contribution in [3.05, 3.63) is 18.2 Å². The molecule has 1 aliphatic rings. The van der Waals surface area contributed by atoms with E-state index < -0.39 is 7.12 Å². The van der Waals surface area contributed by atoms with Crippen molar-refractivity contribution in [1.29, 1.82) is 0 Å². The Hall–Kier alpha value is -0.975. The highest BCUT2D eigenvalue weighted by atomic mass is 16.7. The minimum absolute atomic E-state index is 0.0380. The van der Waals surface area contributed by atoms with Crippen molar-refractivity contribution >= 4 is 12.6 Å². The molecule has 0 saturated carbocycles. The fraction of sp³-hybridized carbons (Fsp3) is 0.692. The second-order valence-corrected chi connectivity index (χ2v) is 6.19. The highest BCUT2D eigenvalue weighted by molar-refractivity contribution is 6.62. The van der Waals surface area contributed by atoms with Crippen LogP contribution in [0.15, 0.2) is 12.5 Å². The summed E-state index contributed by atoms with van der Waals surface area (Å²) in [5, 5.41) is 0. The Morgan fingerprint density at radius 3 is 2.37 bits per heavy atom. The van der Waals surface area contributed by atoms with Gasteiger partial charge >= 0.3 is 7.12 Å². The van der Waals surface area contributed by atoms with Crippen molar-refractivity contribution in [1.82, 2.24) is 9.97 Å². The first-order chi connectivity index (χ1) is 8.73. The average Bonchev–Trinajstić information content (AvgIpc) is 2.48. The number of rotatable bonds is 3. The third-order valence-electron chi connectivity index (χ3n) is 3.85. The highest BCUT2D eigenvalue weighted by Gasteiger charge is 2.52. The molecule has 0 radical (unpaired) electrons. The summed E-state index contributed by atoms with van der Waals surface area (Å²) >= 11 is 0. The van der Waals surface area contributed by atoms with Crippen molar-refractivity contribution < 1.29 is 9.31 Å². The largest absolute Gasteiger partial charge is 0.498 e. The zero-order chi connectivity index (χ0) is 14.3. The van der Waals surface area contributed by atoms with Gasteiger partial charge in [0.25, 0.3) is 0 Å². The Bertz CT molecular complexity index is 447. The molecule has 0 aliphatic carbocycles. The zero-order valence-corrected chi connectivity index (χ0v) is 12.3. The quantitative estimate of drug-likeness (QED) is 0.811. The van der Waals surface area contributed by atoms with E-state index in [1.54, 1.807) is 6.20 Å². The van der Waals surface area contributed by atoms with Gasteiger partial charge in [-0.2, -0.15) is 0 Å². The normalized spacial score (nSPS) is 22.5. The predicted octanol–water partition coefficient (Wildman–Crippen LogP) is 0.665. The van der Waals surface area contributed by atoms with Gasteiger partial charge in [-0.05, 0) is 34.6 Å². The van der Waals surface area contributed by atoms with Crippen LogP contribution in [0.2, 0.25) is 0 Å². The van der Waals surface area contributed by atoms with Crippen LogP contribution < -0.4 is 11.2 Å². The minimum atomic E-state index is -0.431. The fourth-order valence-corrected chi connectivity index (χ4v) is 2.01. The first kappa shape index (κ1) is 14.4. The molecule has 6 heteroatoms. The van der Waals surface area contributed by atoms with Crippen LogP contribution in [0, 0.1) is 0 Å². The van der Waals surface area contributed by atoms with Gasteiger partial charge in [0, 0.05) is 29.8 Å². The molecule has 1 aromatic heterocycles. The third kappa shape index (κ3) is 2.80. The van der Waals surface area contributed by atoms with Crippen molar-refractivity contribution in [3.8, 4) is 0 Å². The molecular weight excluding hydrogens is 241 g/mol. The van der Waals surface area contributed by atoms with Gasteiger partial charge in [0.05, 0.1) is 11.2 Å². The first-order valence-electron chi connectivity index (χ1n) is 6.63. The van der Waals surface area contributed by atoms with Gasteiger partial charge in [0.2, 0.25) is 0 Å². The second kappa shape index (κ2) is 4.85. The van der Waals surface area contributed by atoms with Gasteiger partial charge in [0.1, 0.15) is 6.33 Å². The van der Waals surface area contributed by atoms with Gasteiger partial charge in [-0.3, -0.25) is 0 Å². The van der Waals surface area contributed by atoms with Crippen LogP contribution in [0.3, 0.4) is 0 Å². The second-order valence-electron chi connectivity index (χ2n) is 6.19.